The van der Waals surface area contributed by atoms with Crippen LogP contribution in [0.1, 0.15) is 10.6 Å². The summed E-state index contributed by atoms with van der Waals surface area (Å²) in [4.78, 5) is 8.98. The summed E-state index contributed by atoms with van der Waals surface area (Å²) in [7, 11) is 3.28. The highest BCUT2D eigenvalue weighted by atomic mass is 32.1. The van der Waals surface area contributed by atoms with Crippen molar-refractivity contribution in [3.8, 4) is 22.9 Å². The van der Waals surface area contributed by atoms with Crippen LogP contribution in [0, 0.1) is 0 Å². The van der Waals surface area contributed by atoms with E-state index in [1.165, 1.54) is 0 Å². The summed E-state index contributed by atoms with van der Waals surface area (Å²) in [5.41, 5.74) is 2.96. The van der Waals surface area contributed by atoms with Gasteiger partial charge in [0.15, 0.2) is 11.5 Å². The van der Waals surface area contributed by atoms with Gasteiger partial charge < -0.3 is 9.47 Å². The average Bonchev–Trinajstić information content (AvgIpc) is 3.04. The summed E-state index contributed by atoms with van der Waals surface area (Å²) in [5, 5.41) is 3.09. The molecule has 0 bridgehead atoms. The molecular formula is C17H16N2O2S. The minimum absolute atomic E-state index is 0.736. The van der Waals surface area contributed by atoms with Crippen molar-refractivity contribution < 1.29 is 9.47 Å². The molecule has 0 fully saturated rings. The lowest BCUT2D eigenvalue weighted by atomic mass is 10.1. The van der Waals surface area contributed by atoms with Crippen LogP contribution in [0.15, 0.2) is 48.0 Å². The summed E-state index contributed by atoms with van der Waals surface area (Å²) in [5.74, 6) is 1.47. The van der Waals surface area contributed by atoms with Gasteiger partial charge in [0, 0.05) is 18.0 Å². The van der Waals surface area contributed by atoms with Crippen molar-refractivity contribution in [2.75, 3.05) is 14.2 Å². The molecule has 0 radical (unpaired) electrons. The van der Waals surface area contributed by atoms with Gasteiger partial charge in [0.25, 0.3) is 0 Å². The van der Waals surface area contributed by atoms with E-state index in [-0.39, 0.29) is 0 Å². The summed E-state index contributed by atoms with van der Waals surface area (Å²) >= 11 is 1.64. The molecule has 112 valence electrons. The van der Waals surface area contributed by atoms with E-state index in [1.54, 1.807) is 31.8 Å². The van der Waals surface area contributed by atoms with E-state index in [9.17, 15) is 0 Å². The van der Waals surface area contributed by atoms with Crippen LogP contribution < -0.4 is 9.47 Å². The number of rotatable bonds is 5. The molecule has 2 aromatic heterocycles. The normalized spacial score (nSPS) is 10.5. The standard InChI is InChI=1S/C17H16N2O2S/c1-20-15-7-6-12(9-16(15)21-2)10-17-19-14(11-22-17)13-5-3-4-8-18-13/h3-9,11H,10H2,1-2H3. The van der Waals surface area contributed by atoms with Crippen molar-refractivity contribution in [2.24, 2.45) is 0 Å². The molecule has 0 amide bonds. The smallest absolute Gasteiger partial charge is 0.160 e. The molecule has 0 unspecified atom stereocenters. The second-order valence-corrected chi connectivity index (χ2v) is 5.65. The van der Waals surface area contributed by atoms with Crippen molar-refractivity contribution >= 4 is 11.3 Å². The zero-order valence-electron chi connectivity index (χ0n) is 12.4. The SMILES string of the molecule is COc1ccc(Cc2nc(-c3ccccn3)cs2)cc1OC. The van der Waals surface area contributed by atoms with Crippen molar-refractivity contribution in [2.45, 2.75) is 6.42 Å². The lowest BCUT2D eigenvalue weighted by Crippen LogP contribution is -1.93. The molecule has 22 heavy (non-hydrogen) atoms. The number of thiazole rings is 1. The number of methoxy groups -OCH3 is 2. The topological polar surface area (TPSA) is 44.2 Å². The van der Waals surface area contributed by atoms with Gasteiger partial charge in [0.1, 0.15) is 0 Å². The molecule has 0 N–H and O–H groups in total. The lowest BCUT2D eigenvalue weighted by Gasteiger charge is -2.08. The van der Waals surface area contributed by atoms with E-state index in [4.69, 9.17) is 9.47 Å². The van der Waals surface area contributed by atoms with Crippen LogP contribution in [0.25, 0.3) is 11.4 Å². The highest BCUT2D eigenvalue weighted by molar-refractivity contribution is 7.10. The third kappa shape index (κ3) is 3.09. The maximum atomic E-state index is 5.34. The summed E-state index contributed by atoms with van der Waals surface area (Å²) < 4.78 is 10.6. The van der Waals surface area contributed by atoms with Crippen LogP contribution in [0.4, 0.5) is 0 Å². The van der Waals surface area contributed by atoms with E-state index in [1.807, 2.05) is 41.8 Å². The van der Waals surface area contributed by atoms with E-state index in [2.05, 4.69) is 9.97 Å². The zero-order valence-corrected chi connectivity index (χ0v) is 13.3. The van der Waals surface area contributed by atoms with E-state index in [0.717, 1.165) is 39.9 Å². The Morgan fingerprint density at radius 2 is 1.86 bits per heavy atom. The van der Waals surface area contributed by atoms with E-state index in [0.29, 0.717) is 0 Å². The zero-order chi connectivity index (χ0) is 15.4. The summed E-state index contributed by atoms with van der Waals surface area (Å²) in [6.45, 7) is 0. The van der Waals surface area contributed by atoms with E-state index >= 15 is 0 Å². The van der Waals surface area contributed by atoms with Crippen LogP contribution >= 0.6 is 11.3 Å². The van der Waals surface area contributed by atoms with Crippen LogP contribution in [-0.2, 0) is 6.42 Å². The monoisotopic (exact) mass is 312 g/mol. The number of aromatic nitrogens is 2. The Morgan fingerprint density at radius 1 is 1.00 bits per heavy atom. The van der Waals surface area contributed by atoms with Gasteiger partial charge in [-0.25, -0.2) is 4.98 Å². The average molecular weight is 312 g/mol. The summed E-state index contributed by atoms with van der Waals surface area (Å²) in [6, 6.07) is 11.8. The van der Waals surface area contributed by atoms with Crippen LogP contribution in [0.5, 0.6) is 11.5 Å². The highest BCUT2D eigenvalue weighted by Crippen LogP contribution is 2.29. The Balaban J connectivity index is 1.81. The van der Waals surface area contributed by atoms with Gasteiger partial charge in [-0.3, -0.25) is 4.98 Å². The predicted molar refractivity (Wildman–Crippen MR) is 87.7 cm³/mol. The third-order valence-electron chi connectivity index (χ3n) is 3.28. The fourth-order valence-corrected chi connectivity index (χ4v) is 3.01. The minimum Gasteiger partial charge on any atom is -0.493 e. The molecule has 0 atom stereocenters. The number of ether oxygens (including phenoxy) is 2. The first kappa shape index (κ1) is 14.5. The van der Waals surface area contributed by atoms with Gasteiger partial charge in [-0.15, -0.1) is 11.3 Å². The van der Waals surface area contributed by atoms with Gasteiger partial charge in [-0.05, 0) is 29.8 Å². The Hall–Kier alpha value is -2.40. The predicted octanol–water partition coefficient (Wildman–Crippen LogP) is 3.81. The second kappa shape index (κ2) is 6.58. The molecule has 0 spiro atoms. The molecule has 0 saturated heterocycles. The molecule has 1 aromatic carbocycles. The quantitative estimate of drug-likeness (QED) is 0.718. The molecule has 0 aliphatic heterocycles. The first-order chi connectivity index (χ1) is 10.8. The Morgan fingerprint density at radius 3 is 2.59 bits per heavy atom. The van der Waals surface area contributed by atoms with Crippen LogP contribution in [0.2, 0.25) is 0 Å². The van der Waals surface area contributed by atoms with Gasteiger partial charge in [-0.1, -0.05) is 12.1 Å². The molecule has 3 rings (SSSR count). The third-order valence-corrected chi connectivity index (χ3v) is 4.13. The molecular weight excluding hydrogens is 296 g/mol. The molecule has 0 aliphatic rings. The van der Waals surface area contributed by atoms with Crippen molar-refractivity contribution in [3.05, 3.63) is 58.5 Å². The second-order valence-electron chi connectivity index (χ2n) is 4.71. The number of benzene rings is 1. The largest absolute Gasteiger partial charge is 0.493 e. The van der Waals surface area contributed by atoms with Gasteiger partial charge in [0.05, 0.1) is 30.6 Å². The Kier molecular flexibility index (Phi) is 4.34. The van der Waals surface area contributed by atoms with E-state index < -0.39 is 0 Å². The number of nitrogens with zero attached hydrogens (tertiary/aromatic N) is 2. The Bertz CT molecular complexity index is 756. The first-order valence-electron chi connectivity index (χ1n) is 6.87. The number of hydrogen-bond donors (Lipinski definition) is 0. The molecule has 0 aliphatic carbocycles. The molecule has 3 aromatic rings. The van der Waals surface area contributed by atoms with Gasteiger partial charge in [-0.2, -0.15) is 0 Å². The van der Waals surface area contributed by atoms with Crippen LogP contribution in [-0.4, -0.2) is 24.2 Å². The maximum absolute atomic E-state index is 5.34. The molecule has 2 heterocycles. The minimum atomic E-state index is 0.736. The molecule has 4 nitrogen and oxygen atoms in total. The van der Waals surface area contributed by atoms with Crippen LogP contribution in [0.3, 0.4) is 0 Å². The fourth-order valence-electron chi connectivity index (χ4n) is 2.19. The van der Waals surface area contributed by atoms with Crippen molar-refractivity contribution in [1.82, 2.24) is 9.97 Å². The Labute approximate surface area is 133 Å². The summed E-state index contributed by atoms with van der Waals surface area (Å²) in [6.07, 6.45) is 2.54. The number of pyridine rings is 1. The maximum Gasteiger partial charge on any atom is 0.160 e. The highest BCUT2D eigenvalue weighted by Gasteiger charge is 2.09. The molecule has 0 saturated carbocycles. The van der Waals surface area contributed by atoms with Gasteiger partial charge >= 0.3 is 0 Å². The van der Waals surface area contributed by atoms with Gasteiger partial charge in [0.2, 0.25) is 0 Å². The molecule has 5 heteroatoms. The lowest BCUT2D eigenvalue weighted by molar-refractivity contribution is 0.354. The van der Waals surface area contributed by atoms with Crippen molar-refractivity contribution in [3.63, 3.8) is 0 Å². The fraction of sp³-hybridized carbons (Fsp3) is 0.176. The first-order valence-corrected chi connectivity index (χ1v) is 7.75. The number of hydrogen-bond acceptors (Lipinski definition) is 5. The van der Waals surface area contributed by atoms with Crippen molar-refractivity contribution in [1.29, 1.82) is 0 Å².